The number of aromatic nitrogens is 1. The molecule has 188 valence electrons. The van der Waals surface area contributed by atoms with Gasteiger partial charge < -0.3 is 10.1 Å². The number of ketones is 1. The third-order valence-corrected chi connectivity index (χ3v) is 9.92. The van der Waals surface area contributed by atoms with Crippen molar-refractivity contribution in [1.29, 1.82) is 0 Å². The molecule has 35 heavy (non-hydrogen) atoms. The van der Waals surface area contributed by atoms with Gasteiger partial charge in [0.15, 0.2) is 5.78 Å². The molecule has 0 aliphatic heterocycles. The van der Waals surface area contributed by atoms with Crippen LogP contribution >= 0.6 is 0 Å². The summed E-state index contributed by atoms with van der Waals surface area (Å²) < 4.78 is 6.04. The van der Waals surface area contributed by atoms with Gasteiger partial charge in [0, 0.05) is 37.2 Å². The molecule has 4 aliphatic carbocycles. The van der Waals surface area contributed by atoms with Crippen molar-refractivity contribution in [3.05, 3.63) is 41.7 Å². The van der Waals surface area contributed by atoms with E-state index in [-0.39, 0.29) is 41.7 Å². The number of rotatable bonds is 6. The molecule has 1 heterocycles. The third kappa shape index (κ3) is 4.56. The maximum Gasteiger partial charge on any atom is 0.306 e. The van der Waals surface area contributed by atoms with E-state index >= 15 is 0 Å². The van der Waals surface area contributed by atoms with Crippen molar-refractivity contribution in [2.24, 2.45) is 28.6 Å². The van der Waals surface area contributed by atoms with Crippen molar-refractivity contribution in [3.63, 3.8) is 0 Å². The van der Waals surface area contributed by atoms with Crippen LogP contribution in [0.5, 0.6) is 0 Å². The number of carbonyl (C=O) groups excluding carboxylic acids is 3. The van der Waals surface area contributed by atoms with E-state index in [1.807, 2.05) is 18.2 Å². The Morgan fingerprint density at radius 1 is 1.09 bits per heavy atom. The number of nitrogens with one attached hydrogen (secondary N) is 1. The average Bonchev–Trinajstić information content (AvgIpc) is 3.18. The largest absolute Gasteiger partial charge is 0.462 e. The topological polar surface area (TPSA) is 85.4 Å². The summed E-state index contributed by atoms with van der Waals surface area (Å²) in [5.74, 6) is 1.74. The number of carbonyl (C=O) groups is 3. The van der Waals surface area contributed by atoms with Crippen LogP contribution in [0.4, 0.5) is 0 Å². The first-order chi connectivity index (χ1) is 16.8. The second kappa shape index (κ2) is 9.51. The number of ether oxygens (including phenoxy) is 1. The number of esters is 1. The molecular weight excluding hydrogens is 440 g/mol. The van der Waals surface area contributed by atoms with E-state index in [4.69, 9.17) is 4.74 Å². The van der Waals surface area contributed by atoms with Crippen LogP contribution in [0.2, 0.25) is 0 Å². The minimum absolute atomic E-state index is 0.0153. The molecule has 1 N–H and O–H groups in total. The number of hydrogen-bond acceptors (Lipinski definition) is 5. The first-order valence-corrected chi connectivity index (χ1v) is 13.4. The normalized spacial score (nSPS) is 35.8. The predicted molar refractivity (Wildman–Crippen MR) is 132 cm³/mol. The lowest BCUT2D eigenvalue weighted by molar-refractivity contribution is -0.160. The molecule has 6 nitrogen and oxygen atoms in total. The van der Waals surface area contributed by atoms with E-state index < -0.39 is 0 Å². The monoisotopic (exact) mass is 478 g/mol. The van der Waals surface area contributed by atoms with Gasteiger partial charge in [0.2, 0.25) is 5.91 Å². The summed E-state index contributed by atoms with van der Waals surface area (Å²) in [6.45, 7) is 5.14. The molecule has 0 saturated heterocycles. The SMILES string of the molecule is C[C@]12CC[C@@H]3[C@@H](CCC4=CC(=O)CC[C@@]43C)[C@@H]1CC[C@@H]2OC(=O)CCC(=O)NCc1cccnc1. The Hall–Kier alpha value is -2.50. The van der Waals surface area contributed by atoms with Crippen LogP contribution in [0.1, 0.15) is 83.6 Å². The number of pyridine rings is 1. The fourth-order valence-electron chi connectivity index (χ4n) is 7.93. The zero-order valence-corrected chi connectivity index (χ0v) is 21.1. The molecule has 4 aliphatic rings. The van der Waals surface area contributed by atoms with Gasteiger partial charge in [-0.1, -0.05) is 25.5 Å². The molecule has 0 bridgehead atoms. The van der Waals surface area contributed by atoms with Crippen LogP contribution in [0.15, 0.2) is 36.2 Å². The second-order valence-electron chi connectivity index (χ2n) is 11.7. The number of hydrogen-bond donors (Lipinski definition) is 1. The molecule has 0 radical (unpaired) electrons. The second-order valence-corrected chi connectivity index (χ2v) is 11.7. The quantitative estimate of drug-likeness (QED) is 0.587. The number of amides is 1. The Morgan fingerprint density at radius 2 is 1.94 bits per heavy atom. The summed E-state index contributed by atoms with van der Waals surface area (Å²) in [5.41, 5.74) is 2.50. The van der Waals surface area contributed by atoms with Gasteiger partial charge in [-0.25, -0.2) is 0 Å². The predicted octanol–water partition coefficient (Wildman–Crippen LogP) is 4.92. The standard InChI is InChI=1S/C29H38N2O4/c1-28-13-11-21(32)16-20(28)5-6-22-23-7-8-25(29(23,2)14-12-24(22)28)35-27(34)10-9-26(33)31-18-19-4-3-15-30-17-19/h3-4,15-17,22-25H,5-14,18H2,1-2H3,(H,31,33)/t22-,23-,24+,25-,28-,29-/m0/s1. The first-order valence-electron chi connectivity index (χ1n) is 13.4. The Morgan fingerprint density at radius 3 is 2.74 bits per heavy atom. The maximum absolute atomic E-state index is 12.7. The summed E-state index contributed by atoms with van der Waals surface area (Å²) in [6, 6.07) is 3.74. The van der Waals surface area contributed by atoms with Crippen LogP contribution < -0.4 is 5.32 Å². The summed E-state index contributed by atoms with van der Waals surface area (Å²) in [5, 5.41) is 2.85. The summed E-state index contributed by atoms with van der Waals surface area (Å²) in [7, 11) is 0. The Balaban J connectivity index is 1.16. The van der Waals surface area contributed by atoms with Gasteiger partial charge in [-0.2, -0.15) is 0 Å². The minimum Gasteiger partial charge on any atom is -0.462 e. The van der Waals surface area contributed by atoms with Gasteiger partial charge in [0.05, 0.1) is 6.42 Å². The summed E-state index contributed by atoms with van der Waals surface area (Å²) in [6.07, 6.45) is 13.7. The zero-order valence-electron chi connectivity index (χ0n) is 21.1. The third-order valence-electron chi connectivity index (χ3n) is 9.92. The van der Waals surface area contributed by atoms with E-state index in [2.05, 4.69) is 24.1 Å². The number of allylic oxidation sites excluding steroid dienone is 1. The summed E-state index contributed by atoms with van der Waals surface area (Å²) in [4.78, 5) is 41.0. The van der Waals surface area contributed by atoms with E-state index in [0.717, 1.165) is 50.5 Å². The molecule has 0 spiro atoms. The first kappa shape index (κ1) is 24.2. The molecule has 5 rings (SSSR count). The lowest BCUT2D eigenvalue weighted by Gasteiger charge is -2.57. The Bertz CT molecular complexity index is 1020. The summed E-state index contributed by atoms with van der Waals surface area (Å²) >= 11 is 0. The van der Waals surface area contributed by atoms with Crippen molar-refractivity contribution in [1.82, 2.24) is 10.3 Å². The fourth-order valence-corrected chi connectivity index (χ4v) is 7.93. The van der Waals surface area contributed by atoms with Crippen LogP contribution in [0.25, 0.3) is 0 Å². The Labute approximate surface area is 208 Å². The highest BCUT2D eigenvalue weighted by molar-refractivity contribution is 5.91. The highest BCUT2D eigenvalue weighted by Crippen LogP contribution is 2.65. The zero-order chi connectivity index (χ0) is 24.6. The number of nitrogens with zero attached hydrogens (tertiary/aromatic N) is 1. The van der Waals surface area contributed by atoms with Gasteiger partial charge in [-0.05, 0) is 85.8 Å². The lowest BCUT2D eigenvalue weighted by atomic mass is 9.47. The van der Waals surface area contributed by atoms with Crippen LogP contribution in [0.3, 0.4) is 0 Å². The van der Waals surface area contributed by atoms with E-state index in [1.165, 1.54) is 5.57 Å². The van der Waals surface area contributed by atoms with Gasteiger partial charge in [0.1, 0.15) is 6.10 Å². The van der Waals surface area contributed by atoms with Crippen LogP contribution in [-0.2, 0) is 25.7 Å². The molecule has 6 atom stereocenters. The minimum atomic E-state index is -0.262. The molecule has 6 heteroatoms. The molecule has 0 aromatic carbocycles. The van der Waals surface area contributed by atoms with Crippen LogP contribution in [-0.4, -0.2) is 28.7 Å². The highest BCUT2D eigenvalue weighted by Gasteiger charge is 2.59. The van der Waals surface area contributed by atoms with Gasteiger partial charge in [-0.3, -0.25) is 19.4 Å². The van der Waals surface area contributed by atoms with E-state index in [1.54, 1.807) is 12.4 Å². The smallest absolute Gasteiger partial charge is 0.306 e. The number of fused-ring (bicyclic) bond motifs is 5. The van der Waals surface area contributed by atoms with Crippen molar-refractivity contribution < 1.29 is 19.1 Å². The maximum atomic E-state index is 12.7. The average molecular weight is 479 g/mol. The van der Waals surface area contributed by atoms with E-state index in [0.29, 0.717) is 36.5 Å². The molecule has 1 aromatic rings. The van der Waals surface area contributed by atoms with Crippen molar-refractivity contribution in [3.8, 4) is 0 Å². The van der Waals surface area contributed by atoms with Gasteiger partial charge in [0.25, 0.3) is 0 Å². The fraction of sp³-hybridized carbons (Fsp3) is 0.655. The molecule has 1 aromatic heterocycles. The van der Waals surface area contributed by atoms with Crippen LogP contribution in [0, 0.1) is 28.6 Å². The molecular formula is C29H38N2O4. The van der Waals surface area contributed by atoms with Crippen molar-refractivity contribution >= 4 is 17.7 Å². The molecule has 3 saturated carbocycles. The van der Waals surface area contributed by atoms with Gasteiger partial charge >= 0.3 is 5.97 Å². The molecule has 0 unspecified atom stereocenters. The highest BCUT2D eigenvalue weighted by atomic mass is 16.5. The van der Waals surface area contributed by atoms with E-state index in [9.17, 15) is 14.4 Å². The van der Waals surface area contributed by atoms with Crippen molar-refractivity contribution in [2.75, 3.05) is 0 Å². The lowest BCUT2D eigenvalue weighted by Crippen LogP contribution is -2.51. The Kier molecular flexibility index (Phi) is 6.58. The molecule has 1 amide bonds. The molecule has 3 fully saturated rings. The van der Waals surface area contributed by atoms with Crippen molar-refractivity contribution in [2.45, 2.75) is 90.7 Å². The van der Waals surface area contributed by atoms with Gasteiger partial charge in [-0.15, -0.1) is 0 Å².